The molecule has 2 N–H and O–H groups in total. The van der Waals surface area contributed by atoms with E-state index in [1.165, 1.54) is 11.3 Å². The lowest BCUT2D eigenvalue weighted by molar-refractivity contribution is 0.300. The van der Waals surface area contributed by atoms with Crippen molar-refractivity contribution >= 4 is 33.1 Å². The van der Waals surface area contributed by atoms with Gasteiger partial charge in [-0.3, -0.25) is 0 Å². The van der Waals surface area contributed by atoms with E-state index >= 15 is 0 Å². The molecule has 0 aliphatic rings. The molecule has 0 fully saturated rings. The molecule has 1 rings (SSSR count). The quantitative estimate of drug-likeness (QED) is 0.765. The summed E-state index contributed by atoms with van der Waals surface area (Å²) >= 11 is 2.92. The second kappa shape index (κ2) is 7.49. The average Bonchev–Trinajstić information content (AvgIpc) is 2.77. The lowest BCUT2D eigenvalue weighted by Gasteiger charge is -2.10. The summed E-state index contributed by atoms with van der Waals surface area (Å²) in [7, 11) is -3.39. The molecular formula is C11H19NO3S3. The zero-order valence-electron chi connectivity index (χ0n) is 10.5. The van der Waals surface area contributed by atoms with E-state index in [9.17, 15) is 8.42 Å². The molecule has 0 saturated carbocycles. The van der Waals surface area contributed by atoms with Gasteiger partial charge in [-0.15, -0.1) is 11.3 Å². The molecule has 0 saturated heterocycles. The van der Waals surface area contributed by atoms with Crippen molar-refractivity contribution in [3.8, 4) is 0 Å². The second-order valence-electron chi connectivity index (χ2n) is 4.11. The molecule has 1 atom stereocenters. The van der Waals surface area contributed by atoms with E-state index in [2.05, 4.69) is 4.72 Å². The Balaban J connectivity index is 2.62. The van der Waals surface area contributed by atoms with E-state index in [1.807, 2.05) is 13.2 Å². The third kappa shape index (κ3) is 4.89. The Morgan fingerprint density at radius 1 is 1.50 bits per heavy atom. The highest BCUT2D eigenvalue weighted by Crippen LogP contribution is 2.21. The number of sulfonamides is 1. The summed E-state index contributed by atoms with van der Waals surface area (Å²) in [6.07, 6.45) is 2.51. The highest BCUT2D eigenvalue weighted by molar-refractivity contribution is 7.98. The molecule has 18 heavy (non-hydrogen) atoms. The molecule has 7 heteroatoms. The van der Waals surface area contributed by atoms with Gasteiger partial charge in [-0.25, -0.2) is 13.1 Å². The smallest absolute Gasteiger partial charge is 0.250 e. The second-order valence-corrected chi connectivity index (χ2v) is 8.18. The summed E-state index contributed by atoms with van der Waals surface area (Å²) in [4.78, 5) is 0.884. The standard InChI is InChI=1S/C11H19NO3S3/c1-9(8-16-2)7-12-18(14,15)11-4-3-10(17-11)5-6-13/h3-4,9,12-13H,5-8H2,1-2H3. The fraction of sp³-hybridized carbons (Fsp3) is 0.636. The minimum Gasteiger partial charge on any atom is -0.396 e. The van der Waals surface area contributed by atoms with Crippen molar-refractivity contribution < 1.29 is 13.5 Å². The topological polar surface area (TPSA) is 66.4 Å². The van der Waals surface area contributed by atoms with Gasteiger partial charge in [0.25, 0.3) is 0 Å². The summed E-state index contributed by atoms with van der Waals surface area (Å²) in [5, 5.41) is 8.81. The van der Waals surface area contributed by atoms with Crippen LogP contribution in [0.25, 0.3) is 0 Å². The van der Waals surface area contributed by atoms with Gasteiger partial charge in [-0.2, -0.15) is 11.8 Å². The number of rotatable bonds is 8. The number of thiophene rings is 1. The van der Waals surface area contributed by atoms with Gasteiger partial charge in [0.2, 0.25) is 10.0 Å². The van der Waals surface area contributed by atoms with E-state index in [0.717, 1.165) is 10.6 Å². The summed E-state index contributed by atoms with van der Waals surface area (Å²) < 4.78 is 26.9. The van der Waals surface area contributed by atoms with E-state index in [1.54, 1.807) is 23.9 Å². The largest absolute Gasteiger partial charge is 0.396 e. The SMILES string of the molecule is CSCC(C)CNS(=O)(=O)c1ccc(CCO)s1. The summed E-state index contributed by atoms with van der Waals surface area (Å²) in [6, 6.07) is 3.35. The molecule has 0 radical (unpaired) electrons. The van der Waals surface area contributed by atoms with Crippen molar-refractivity contribution in [2.75, 3.05) is 25.2 Å². The zero-order chi connectivity index (χ0) is 13.6. The molecule has 4 nitrogen and oxygen atoms in total. The summed E-state index contributed by atoms with van der Waals surface area (Å²) in [5.74, 6) is 1.24. The van der Waals surface area contributed by atoms with Crippen molar-refractivity contribution in [2.24, 2.45) is 5.92 Å². The molecule has 0 aromatic carbocycles. The fourth-order valence-corrected chi connectivity index (χ4v) is 4.65. The molecule has 104 valence electrons. The van der Waals surface area contributed by atoms with Crippen LogP contribution in [0.1, 0.15) is 11.8 Å². The molecule has 1 aromatic rings. The van der Waals surface area contributed by atoms with Crippen LogP contribution in [0.15, 0.2) is 16.3 Å². The molecule has 1 unspecified atom stereocenters. The maximum Gasteiger partial charge on any atom is 0.250 e. The molecule has 1 aromatic heterocycles. The van der Waals surface area contributed by atoms with Gasteiger partial charge >= 0.3 is 0 Å². The van der Waals surface area contributed by atoms with Crippen LogP contribution in [0.4, 0.5) is 0 Å². The monoisotopic (exact) mass is 309 g/mol. The van der Waals surface area contributed by atoms with E-state index in [-0.39, 0.29) is 6.61 Å². The zero-order valence-corrected chi connectivity index (χ0v) is 13.0. The van der Waals surface area contributed by atoms with Crippen molar-refractivity contribution in [2.45, 2.75) is 17.6 Å². The van der Waals surface area contributed by atoms with Crippen LogP contribution in [0.2, 0.25) is 0 Å². The lowest BCUT2D eigenvalue weighted by Crippen LogP contribution is -2.28. The van der Waals surface area contributed by atoms with Gasteiger partial charge in [-0.05, 0) is 30.1 Å². The molecule has 0 spiro atoms. The van der Waals surface area contributed by atoms with Gasteiger partial charge in [0.05, 0.1) is 0 Å². The minimum absolute atomic E-state index is 0.0399. The number of hydrogen-bond acceptors (Lipinski definition) is 5. The third-order valence-electron chi connectivity index (χ3n) is 2.33. The fourth-order valence-electron chi connectivity index (χ4n) is 1.41. The Kier molecular flexibility index (Phi) is 6.65. The van der Waals surface area contributed by atoms with Crippen LogP contribution in [0.5, 0.6) is 0 Å². The number of hydrogen-bond donors (Lipinski definition) is 2. The normalized spacial score (nSPS) is 13.7. The van der Waals surface area contributed by atoms with Gasteiger partial charge in [0, 0.05) is 24.4 Å². The highest BCUT2D eigenvalue weighted by atomic mass is 32.2. The van der Waals surface area contributed by atoms with Crippen LogP contribution in [-0.2, 0) is 16.4 Å². The van der Waals surface area contributed by atoms with E-state index in [0.29, 0.717) is 23.1 Å². The van der Waals surface area contributed by atoms with Gasteiger partial charge in [-0.1, -0.05) is 6.92 Å². The first-order valence-corrected chi connectivity index (χ1v) is 9.37. The van der Waals surface area contributed by atoms with E-state index in [4.69, 9.17) is 5.11 Å². The van der Waals surface area contributed by atoms with Crippen LogP contribution >= 0.6 is 23.1 Å². The maximum atomic E-state index is 12.0. The minimum atomic E-state index is -3.39. The van der Waals surface area contributed by atoms with Crippen LogP contribution in [0.3, 0.4) is 0 Å². The Labute approximate surface area is 117 Å². The molecular weight excluding hydrogens is 290 g/mol. The molecule has 0 aliphatic heterocycles. The van der Waals surface area contributed by atoms with Crippen molar-refractivity contribution in [3.05, 3.63) is 17.0 Å². The predicted octanol–water partition coefficient (Wildman–Crippen LogP) is 1.56. The number of thioether (sulfide) groups is 1. The summed E-state index contributed by atoms with van der Waals surface area (Å²) in [5.41, 5.74) is 0. The van der Waals surface area contributed by atoms with Crippen molar-refractivity contribution in [1.29, 1.82) is 0 Å². The molecule has 0 aliphatic carbocycles. The van der Waals surface area contributed by atoms with Crippen LogP contribution in [0, 0.1) is 5.92 Å². The van der Waals surface area contributed by atoms with E-state index < -0.39 is 10.0 Å². The van der Waals surface area contributed by atoms with Gasteiger partial charge in [0.15, 0.2) is 0 Å². The van der Waals surface area contributed by atoms with Crippen molar-refractivity contribution in [3.63, 3.8) is 0 Å². The first-order chi connectivity index (χ1) is 8.49. The summed E-state index contributed by atoms with van der Waals surface area (Å²) in [6.45, 7) is 2.51. The van der Waals surface area contributed by atoms with Crippen molar-refractivity contribution in [1.82, 2.24) is 4.72 Å². The first kappa shape index (κ1) is 16.0. The first-order valence-electron chi connectivity index (χ1n) is 5.67. The lowest BCUT2D eigenvalue weighted by atomic mass is 10.2. The average molecular weight is 309 g/mol. The Morgan fingerprint density at radius 3 is 2.83 bits per heavy atom. The maximum absolute atomic E-state index is 12.0. The molecule has 0 amide bonds. The Morgan fingerprint density at radius 2 is 2.22 bits per heavy atom. The number of nitrogens with one attached hydrogen (secondary N) is 1. The number of aliphatic hydroxyl groups excluding tert-OH is 1. The number of aliphatic hydroxyl groups is 1. The van der Waals surface area contributed by atoms with Crippen LogP contribution in [-0.4, -0.2) is 38.7 Å². The van der Waals surface area contributed by atoms with Crippen LogP contribution < -0.4 is 4.72 Å². The molecule has 1 heterocycles. The Bertz CT molecular complexity index is 456. The predicted molar refractivity (Wildman–Crippen MR) is 77.8 cm³/mol. The third-order valence-corrected chi connectivity index (χ3v) is 6.30. The molecule has 0 bridgehead atoms. The van der Waals surface area contributed by atoms with Gasteiger partial charge < -0.3 is 5.11 Å². The van der Waals surface area contributed by atoms with Gasteiger partial charge in [0.1, 0.15) is 4.21 Å². The highest BCUT2D eigenvalue weighted by Gasteiger charge is 2.17. The Hall–Kier alpha value is -0.0800.